The summed E-state index contributed by atoms with van der Waals surface area (Å²) in [5.74, 6) is 0. The first-order chi connectivity index (χ1) is 17.0. The van der Waals surface area contributed by atoms with Crippen LogP contribution in [0.3, 0.4) is 0 Å². The van der Waals surface area contributed by atoms with Crippen molar-refractivity contribution in [3.8, 4) is 0 Å². The van der Waals surface area contributed by atoms with Gasteiger partial charge in [-0.3, -0.25) is 0 Å². The van der Waals surface area contributed by atoms with Crippen molar-refractivity contribution in [2.45, 2.75) is 49.8 Å². The van der Waals surface area contributed by atoms with Crippen molar-refractivity contribution in [1.82, 2.24) is 0 Å². The molecule has 2 aliphatic rings. The Morgan fingerprint density at radius 1 is 0.973 bits per heavy atom. The highest BCUT2D eigenvalue weighted by atomic mass is 32.2. The first-order valence-electron chi connectivity index (χ1n) is 13.1. The minimum absolute atomic E-state index is 0.0802. The van der Waals surface area contributed by atoms with E-state index in [1.54, 1.807) is 6.07 Å². The number of hydrogen-bond acceptors (Lipinski definition) is 3. The molecule has 0 saturated carbocycles. The van der Waals surface area contributed by atoms with Crippen molar-refractivity contribution in [2.75, 3.05) is 52.4 Å². The van der Waals surface area contributed by atoms with Crippen molar-refractivity contribution >= 4 is 26.9 Å². The van der Waals surface area contributed by atoms with Crippen molar-refractivity contribution < 1.29 is 17.5 Å². The zero-order valence-corrected chi connectivity index (χ0v) is 24.8. The molecule has 0 bridgehead atoms. The number of sulfone groups is 1. The van der Waals surface area contributed by atoms with Gasteiger partial charge in [-0.25, -0.2) is 8.42 Å². The molecule has 5 nitrogen and oxygen atoms in total. The number of para-hydroxylation sites is 1. The average molecular weight is 522 g/mol. The Bertz CT molecular complexity index is 1420. The first-order valence-corrected chi connectivity index (χ1v) is 15.0. The number of benzene rings is 2. The van der Waals surface area contributed by atoms with E-state index in [2.05, 4.69) is 108 Å². The van der Waals surface area contributed by atoms with Crippen LogP contribution in [0.2, 0.25) is 0 Å². The van der Waals surface area contributed by atoms with E-state index in [4.69, 9.17) is 0 Å². The molecule has 6 heteroatoms. The Morgan fingerprint density at radius 2 is 1.65 bits per heavy atom. The predicted molar refractivity (Wildman–Crippen MR) is 155 cm³/mol. The lowest BCUT2D eigenvalue weighted by molar-refractivity contribution is -0.870. The molecule has 4 rings (SSSR count). The number of fused-ring (bicyclic) bond motifs is 2. The third-order valence-electron chi connectivity index (χ3n) is 7.95. The quantitative estimate of drug-likeness (QED) is 0.360. The zero-order chi connectivity index (χ0) is 27.4. The molecule has 2 heterocycles. The van der Waals surface area contributed by atoms with Crippen molar-refractivity contribution in [3.63, 3.8) is 0 Å². The van der Waals surface area contributed by atoms with E-state index >= 15 is 0 Å². The van der Waals surface area contributed by atoms with E-state index in [-0.39, 0.29) is 10.8 Å². The van der Waals surface area contributed by atoms with Gasteiger partial charge in [-0.1, -0.05) is 38.1 Å². The SMILES string of the molecule is C[N+]1=C(/C=C/C=C2/N(CCC[N+](C)(C)C)c3ccc(S(C)(=O)=O)cc3C2(C)C)C(C)(C)c2ccccc21. The maximum absolute atomic E-state index is 12.3. The molecule has 2 aromatic rings. The molecule has 2 aromatic carbocycles. The van der Waals surface area contributed by atoms with Crippen molar-refractivity contribution in [3.05, 3.63) is 77.5 Å². The Hall–Kier alpha value is -2.70. The smallest absolute Gasteiger partial charge is 0.209 e. The van der Waals surface area contributed by atoms with Gasteiger partial charge in [0.2, 0.25) is 5.69 Å². The molecular formula is C31H43N3O2S+2. The minimum Gasteiger partial charge on any atom is -0.344 e. The molecule has 0 amide bonds. The minimum atomic E-state index is -3.28. The lowest BCUT2D eigenvalue weighted by Gasteiger charge is -2.29. The second-order valence-electron chi connectivity index (χ2n) is 12.6. The van der Waals surface area contributed by atoms with Crippen LogP contribution in [0.5, 0.6) is 0 Å². The molecule has 0 unspecified atom stereocenters. The van der Waals surface area contributed by atoms with Gasteiger partial charge in [-0.15, -0.1) is 0 Å². The molecule has 0 atom stereocenters. The summed E-state index contributed by atoms with van der Waals surface area (Å²) in [6.45, 7) is 10.9. The van der Waals surface area contributed by atoms with Gasteiger partial charge >= 0.3 is 0 Å². The van der Waals surface area contributed by atoms with Crippen LogP contribution in [0.25, 0.3) is 0 Å². The van der Waals surface area contributed by atoms with Gasteiger partial charge in [0.25, 0.3) is 0 Å². The Labute approximate surface area is 223 Å². The van der Waals surface area contributed by atoms with Crippen LogP contribution in [-0.4, -0.2) is 70.7 Å². The van der Waals surface area contributed by atoms with Gasteiger partial charge < -0.3 is 9.38 Å². The third kappa shape index (κ3) is 5.06. The summed E-state index contributed by atoms with van der Waals surface area (Å²) in [4.78, 5) is 2.77. The number of quaternary nitrogens is 1. The maximum Gasteiger partial charge on any atom is 0.209 e. The molecule has 0 aromatic heterocycles. The number of rotatable bonds is 7. The van der Waals surface area contributed by atoms with Crippen LogP contribution in [0.4, 0.5) is 11.4 Å². The van der Waals surface area contributed by atoms with E-state index in [0.29, 0.717) is 4.90 Å². The summed E-state index contributed by atoms with van der Waals surface area (Å²) in [5, 5.41) is 0. The second kappa shape index (κ2) is 9.25. The van der Waals surface area contributed by atoms with Crippen LogP contribution in [0.1, 0.15) is 45.2 Å². The van der Waals surface area contributed by atoms with Crippen LogP contribution in [-0.2, 0) is 20.7 Å². The van der Waals surface area contributed by atoms with Crippen LogP contribution in [0.15, 0.2) is 71.3 Å². The Balaban J connectivity index is 1.74. The fourth-order valence-electron chi connectivity index (χ4n) is 5.86. The van der Waals surface area contributed by atoms with Gasteiger partial charge in [0, 0.05) is 53.7 Å². The fraction of sp³-hybridized carbons (Fsp3) is 0.452. The van der Waals surface area contributed by atoms with Crippen molar-refractivity contribution in [2.24, 2.45) is 0 Å². The molecule has 0 saturated heterocycles. The van der Waals surface area contributed by atoms with Crippen LogP contribution >= 0.6 is 0 Å². The summed E-state index contributed by atoms with van der Waals surface area (Å²) in [6.07, 6.45) is 8.96. The summed E-state index contributed by atoms with van der Waals surface area (Å²) in [7, 11) is 5.51. The summed E-state index contributed by atoms with van der Waals surface area (Å²) < 4.78 is 27.9. The molecular weight excluding hydrogens is 478 g/mol. The highest BCUT2D eigenvalue weighted by Crippen LogP contribution is 2.48. The largest absolute Gasteiger partial charge is 0.344 e. The highest BCUT2D eigenvalue weighted by Gasteiger charge is 2.43. The summed E-state index contributed by atoms with van der Waals surface area (Å²) >= 11 is 0. The molecule has 198 valence electrons. The van der Waals surface area contributed by atoms with E-state index in [1.807, 2.05) is 12.1 Å². The van der Waals surface area contributed by atoms with Gasteiger partial charge in [0.1, 0.15) is 7.05 Å². The lowest BCUT2D eigenvalue weighted by Crippen LogP contribution is -2.37. The Morgan fingerprint density at radius 3 is 2.27 bits per heavy atom. The standard InChI is InChI=1S/C31H43N3O2S/c1-30(2)24-14-10-11-15-26(24)32(5)28(30)16-12-17-29-31(3,4)25-22-23(37(9,35)36)18-19-27(25)33(29)20-13-21-34(6,7)8/h10-12,14-19,22H,13,20-21H2,1-9H3/q+2. The fourth-order valence-corrected chi connectivity index (χ4v) is 6.51. The van der Waals surface area contributed by atoms with Crippen LogP contribution < -0.4 is 4.90 Å². The van der Waals surface area contributed by atoms with Crippen LogP contribution in [0, 0.1) is 0 Å². The molecule has 0 spiro atoms. The number of hydrogen-bond donors (Lipinski definition) is 0. The predicted octanol–water partition coefficient (Wildman–Crippen LogP) is 5.43. The van der Waals surface area contributed by atoms with E-state index < -0.39 is 9.84 Å². The van der Waals surface area contributed by atoms with E-state index in [1.165, 1.54) is 28.9 Å². The van der Waals surface area contributed by atoms with E-state index in [9.17, 15) is 8.42 Å². The first kappa shape index (κ1) is 27.3. The summed E-state index contributed by atoms with van der Waals surface area (Å²) in [5.41, 5.74) is 6.83. The van der Waals surface area contributed by atoms with Crippen molar-refractivity contribution in [1.29, 1.82) is 0 Å². The average Bonchev–Trinajstić information content (AvgIpc) is 3.12. The lowest BCUT2D eigenvalue weighted by atomic mass is 9.81. The zero-order valence-electron chi connectivity index (χ0n) is 24.0. The number of nitrogens with zero attached hydrogens (tertiary/aromatic N) is 3. The second-order valence-corrected chi connectivity index (χ2v) is 14.6. The number of anilines is 1. The van der Waals surface area contributed by atoms with Gasteiger partial charge in [-0.2, -0.15) is 4.58 Å². The van der Waals surface area contributed by atoms with Gasteiger partial charge in [0.15, 0.2) is 15.5 Å². The van der Waals surface area contributed by atoms with E-state index in [0.717, 1.165) is 35.2 Å². The topological polar surface area (TPSA) is 40.4 Å². The molecule has 0 N–H and O–H groups in total. The molecule has 37 heavy (non-hydrogen) atoms. The monoisotopic (exact) mass is 521 g/mol. The summed E-state index contributed by atoms with van der Waals surface area (Å²) in [6, 6.07) is 14.2. The molecule has 0 fully saturated rings. The number of allylic oxidation sites excluding steroid dienone is 4. The molecule has 2 aliphatic heterocycles. The van der Waals surface area contributed by atoms with Gasteiger partial charge in [0.05, 0.1) is 38.0 Å². The molecule has 0 aliphatic carbocycles. The maximum atomic E-state index is 12.3. The highest BCUT2D eigenvalue weighted by molar-refractivity contribution is 7.90. The normalized spacial score (nSPS) is 19.7. The van der Waals surface area contributed by atoms with Gasteiger partial charge in [-0.05, 0) is 43.7 Å². The third-order valence-corrected chi connectivity index (χ3v) is 9.06. The molecule has 0 radical (unpaired) electrons. The Kier molecular flexibility index (Phi) is 6.83.